The first-order valence-electron chi connectivity index (χ1n) is 8.58. The third kappa shape index (κ3) is 6.19. The van der Waals surface area contributed by atoms with E-state index in [2.05, 4.69) is 45.0 Å². The molecule has 2 nitrogen and oxygen atoms in total. The van der Waals surface area contributed by atoms with Crippen molar-refractivity contribution in [1.29, 1.82) is 0 Å². The molecule has 1 aromatic rings. The topological polar surface area (TPSA) is 46.2 Å². The van der Waals surface area contributed by atoms with Crippen molar-refractivity contribution in [3.63, 3.8) is 0 Å². The molecule has 0 heterocycles. The van der Waals surface area contributed by atoms with E-state index in [1.807, 2.05) is 0 Å². The number of benzene rings is 1. The summed E-state index contributed by atoms with van der Waals surface area (Å²) in [7, 11) is 0. The van der Waals surface area contributed by atoms with Gasteiger partial charge >= 0.3 is 0 Å². The summed E-state index contributed by atoms with van der Waals surface area (Å²) in [6, 6.07) is 8.59. The summed E-state index contributed by atoms with van der Waals surface area (Å²) in [5.74, 6) is 0.608. The number of unbranched alkanes of at least 4 members (excludes halogenated alkanes) is 4. The van der Waals surface area contributed by atoms with Gasteiger partial charge in [-0.3, -0.25) is 0 Å². The standard InChI is InChI=1S/C19H33NO/c1-4-5-6-7-8-9-19(21)18(14-20)17-12-10-16(11-13-17)15(2)3/h10-13,15,18-19,21H,4-9,14,20H2,1-3H3. The van der Waals surface area contributed by atoms with Gasteiger partial charge in [-0.2, -0.15) is 0 Å². The van der Waals surface area contributed by atoms with Gasteiger partial charge in [0.1, 0.15) is 0 Å². The van der Waals surface area contributed by atoms with Crippen LogP contribution in [0.1, 0.15) is 82.3 Å². The fraction of sp³-hybridized carbons (Fsp3) is 0.684. The summed E-state index contributed by atoms with van der Waals surface area (Å²) in [5.41, 5.74) is 8.40. The van der Waals surface area contributed by atoms with Crippen LogP contribution in [0.2, 0.25) is 0 Å². The molecule has 120 valence electrons. The fourth-order valence-electron chi connectivity index (χ4n) is 2.80. The summed E-state index contributed by atoms with van der Waals surface area (Å²) in [6.45, 7) is 7.12. The lowest BCUT2D eigenvalue weighted by Gasteiger charge is -2.22. The highest BCUT2D eigenvalue weighted by Crippen LogP contribution is 2.24. The van der Waals surface area contributed by atoms with Gasteiger partial charge in [0.25, 0.3) is 0 Å². The van der Waals surface area contributed by atoms with E-state index >= 15 is 0 Å². The molecule has 0 aromatic heterocycles. The average molecular weight is 291 g/mol. The molecular weight excluding hydrogens is 258 g/mol. The van der Waals surface area contributed by atoms with Crippen LogP contribution in [0, 0.1) is 0 Å². The SMILES string of the molecule is CCCCCCCC(O)C(CN)c1ccc(C(C)C)cc1. The Morgan fingerprint density at radius 3 is 2.05 bits per heavy atom. The Labute approximate surface area is 130 Å². The predicted molar refractivity (Wildman–Crippen MR) is 91.7 cm³/mol. The van der Waals surface area contributed by atoms with Crippen LogP contribution in [-0.2, 0) is 0 Å². The second-order valence-electron chi connectivity index (χ2n) is 6.43. The van der Waals surface area contributed by atoms with Crippen LogP contribution in [0.4, 0.5) is 0 Å². The summed E-state index contributed by atoms with van der Waals surface area (Å²) in [5, 5.41) is 10.4. The lowest BCUT2D eigenvalue weighted by atomic mass is 9.89. The molecule has 0 fully saturated rings. The molecule has 1 rings (SSSR count). The quantitative estimate of drug-likeness (QED) is 0.620. The Balaban J connectivity index is 2.52. The second kappa shape index (κ2) is 9.97. The van der Waals surface area contributed by atoms with Crippen molar-refractivity contribution in [3.05, 3.63) is 35.4 Å². The average Bonchev–Trinajstić information content (AvgIpc) is 2.48. The minimum Gasteiger partial charge on any atom is -0.392 e. The Morgan fingerprint density at radius 2 is 1.52 bits per heavy atom. The van der Waals surface area contributed by atoms with Crippen molar-refractivity contribution in [2.75, 3.05) is 6.54 Å². The monoisotopic (exact) mass is 291 g/mol. The third-order valence-corrected chi connectivity index (χ3v) is 4.35. The summed E-state index contributed by atoms with van der Waals surface area (Å²) < 4.78 is 0. The molecule has 0 radical (unpaired) electrons. The fourth-order valence-corrected chi connectivity index (χ4v) is 2.80. The Kier molecular flexibility index (Phi) is 8.63. The van der Waals surface area contributed by atoms with Gasteiger partial charge < -0.3 is 10.8 Å². The van der Waals surface area contributed by atoms with Gasteiger partial charge in [-0.1, -0.05) is 77.1 Å². The molecule has 0 bridgehead atoms. The van der Waals surface area contributed by atoms with Crippen LogP contribution in [0.5, 0.6) is 0 Å². The van der Waals surface area contributed by atoms with Gasteiger partial charge in [0.05, 0.1) is 6.10 Å². The molecule has 21 heavy (non-hydrogen) atoms. The number of rotatable bonds is 10. The molecular formula is C19H33NO. The van der Waals surface area contributed by atoms with Crippen molar-refractivity contribution in [2.24, 2.45) is 5.73 Å². The summed E-state index contributed by atoms with van der Waals surface area (Å²) in [6.07, 6.45) is 6.69. The zero-order valence-electron chi connectivity index (χ0n) is 14.0. The minimum atomic E-state index is -0.318. The number of hydrogen-bond donors (Lipinski definition) is 2. The van der Waals surface area contributed by atoms with Crippen LogP contribution in [0.15, 0.2) is 24.3 Å². The van der Waals surface area contributed by atoms with E-state index < -0.39 is 0 Å². The smallest absolute Gasteiger partial charge is 0.0620 e. The largest absolute Gasteiger partial charge is 0.392 e. The van der Waals surface area contributed by atoms with Crippen molar-refractivity contribution in [2.45, 2.75) is 77.2 Å². The van der Waals surface area contributed by atoms with E-state index in [-0.39, 0.29) is 12.0 Å². The first-order valence-corrected chi connectivity index (χ1v) is 8.58. The molecule has 2 unspecified atom stereocenters. The van der Waals surface area contributed by atoms with Gasteiger partial charge in [-0.05, 0) is 23.5 Å². The van der Waals surface area contributed by atoms with Gasteiger partial charge in [0, 0.05) is 12.5 Å². The highest BCUT2D eigenvalue weighted by molar-refractivity contribution is 5.28. The molecule has 2 atom stereocenters. The first-order chi connectivity index (χ1) is 10.1. The number of aliphatic hydroxyl groups excluding tert-OH is 1. The molecule has 3 N–H and O–H groups in total. The molecule has 0 aliphatic rings. The summed E-state index contributed by atoms with van der Waals surface area (Å²) >= 11 is 0. The molecule has 0 saturated heterocycles. The van der Waals surface area contributed by atoms with Crippen LogP contribution in [-0.4, -0.2) is 17.8 Å². The van der Waals surface area contributed by atoms with Crippen LogP contribution < -0.4 is 5.73 Å². The van der Waals surface area contributed by atoms with Gasteiger partial charge in [-0.25, -0.2) is 0 Å². The summed E-state index contributed by atoms with van der Waals surface area (Å²) in [4.78, 5) is 0. The van der Waals surface area contributed by atoms with Crippen molar-refractivity contribution >= 4 is 0 Å². The number of nitrogens with two attached hydrogens (primary N) is 1. The first kappa shape index (κ1) is 18.2. The zero-order chi connectivity index (χ0) is 15.7. The van der Waals surface area contributed by atoms with Gasteiger partial charge in [0.2, 0.25) is 0 Å². The second-order valence-corrected chi connectivity index (χ2v) is 6.43. The van der Waals surface area contributed by atoms with Crippen LogP contribution >= 0.6 is 0 Å². The highest BCUT2D eigenvalue weighted by Gasteiger charge is 2.19. The van der Waals surface area contributed by atoms with Crippen molar-refractivity contribution in [1.82, 2.24) is 0 Å². The van der Waals surface area contributed by atoms with Crippen LogP contribution in [0.3, 0.4) is 0 Å². The molecule has 0 aliphatic heterocycles. The maximum Gasteiger partial charge on any atom is 0.0620 e. The van der Waals surface area contributed by atoms with Crippen molar-refractivity contribution < 1.29 is 5.11 Å². The maximum atomic E-state index is 10.4. The predicted octanol–water partition coefficient (Wildman–Crippen LogP) is 4.57. The number of hydrogen-bond acceptors (Lipinski definition) is 2. The lowest BCUT2D eigenvalue weighted by Crippen LogP contribution is -2.26. The Bertz CT molecular complexity index is 372. The van der Waals surface area contributed by atoms with E-state index in [1.54, 1.807) is 0 Å². The van der Waals surface area contributed by atoms with Crippen molar-refractivity contribution in [3.8, 4) is 0 Å². The van der Waals surface area contributed by atoms with Gasteiger partial charge in [-0.15, -0.1) is 0 Å². The molecule has 1 aromatic carbocycles. The molecule has 0 aliphatic carbocycles. The number of aliphatic hydroxyl groups is 1. The lowest BCUT2D eigenvalue weighted by molar-refractivity contribution is 0.132. The van der Waals surface area contributed by atoms with E-state index in [0.29, 0.717) is 12.5 Å². The molecule has 2 heteroatoms. The maximum absolute atomic E-state index is 10.4. The van der Waals surface area contributed by atoms with Crippen LogP contribution in [0.25, 0.3) is 0 Å². The van der Waals surface area contributed by atoms with E-state index in [9.17, 15) is 5.11 Å². The minimum absolute atomic E-state index is 0.0670. The highest BCUT2D eigenvalue weighted by atomic mass is 16.3. The Morgan fingerprint density at radius 1 is 0.952 bits per heavy atom. The third-order valence-electron chi connectivity index (χ3n) is 4.35. The zero-order valence-corrected chi connectivity index (χ0v) is 14.0. The molecule has 0 saturated carbocycles. The van der Waals surface area contributed by atoms with E-state index in [1.165, 1.54) is 36.8 Å². The van der Waals surface area contributed by atoms with E-state index in [4.69, 9.17) is 5.73 Å². The molecule has 0 spiro atoms. The normalized spacial score (nSPS) is 14.4. The molecule has 0 amide bonds. The van der Waals surface area contributed by atoms with E-state index in [0.717, 1.165) is 12.8 Å². The van der Waals surface area contributed by atoms with Gasteiger partial charge in [0.15, 0.2) is 0 Å². The Hall–Kier alpha value is -0.860.